The topological polar surface area (TPSA) is 78.2 Å². The monoisotopic (exact) mass is 395 g/mol. The van der Waals surface area contributed by atoms with Gasteiger partial charge in [0.15, 0.2) is 0 Å². The van der Waals surface area contributed by atoms with Gasteiger partial charge in [-0.15, -0.1) is 0 Å². The highest BCUT2D eigenvalue weighted by molar-refractivity contribution is 7.95. The van der Waals surface area contributed by atoms with E-state index in [0.29, 0.717) is 11.6 Å². The number of aromatic hydroxyl groups is 1. The molecule has 8 heteroatoms. The van der Waals surface area contributed by atoms with Gasteiger partial charge in [0, 0.05) is 6.07 Å². The number of halogens is 3. The van der Waals surface area contributed by atoms with Crippen molar-refractivity contribution in [3.63, 3.8) is 0 Å². The summed E-state index contributed by atoms with van der Waals surface area (Å²) in [4.78, 5) is -1.58. The fourth-order valence-electron chi connectivity index (χ4n) is 2.43. The molecule has 2 aromatic rings. The third-order valence-electron chi connectivity index (χ3n) is 3.81. The molecule has 0 radical (unpaired) electrons. The zero-order valence-electron chi connectivity index (χ0n) is 14.3. The summed E-state index contributed by atoms with van der Waals surface area (Å²) in [7, 11) is -4.53. The predicted molar refractivity (Wildman–Crippen MR) is 94.1 cm³/mol. The zero-order valence-corrected chi connectivity index (χ0v) is 15.1. The molecule has 0 saturated carbocycles. The Morgan fingerprint density at radius 2 is 1.96 bits per heavy atom. The molecule has 0 aliphatic carbocycles. The number of sulfone groups is 1. The fourth-order valence-corrected chi connectivity index (χ4v) is 3.63. The van der Waals surface area contributed by atoms with Crippen LogP contribution in [-0.2, 0) is 16.3 Å². The van der Waals surface area contributed by atoms with Crippen LogP contribution in [0.15, 0.2) is 46.2 Å². The van der Waals surface area contributed by atoms with E-state index in [9.17, 15) is 32.0 Å². The lowest BCUT2D eigenvalue weighted by atomic mass is 10.0. The van der Waals surface area contributed by atoms with Gasteiger partial charge in [-0.05, 0) is 61.2 Å². The van der Waals surface area contributed by atoms with Crippen molar-refractivity contribution in [2.75, 3.05) is 0 Å². The van der Waals surface area contributed by atoms with Crippen LogP contribution in [-0.4, -0.2) is 19.7 Å². The van der Waals surface area contributed by atoms with Gasteiger partial charge in [0.1, 0.15) is 33.3 Å². The average Bonchev–Trinajstić information content (AvgIpc) is 2.58. The molecule has 1 N–H and O–H groups in total. The van der Waals surface area contributed by atoms with Crippen LogP contribution in [0.5, 0.6) is 5.75 Å². The molecule has 142 valence electrons. The number of phenols is 1. The largest absolute Gasteiger partial charge is 0.508 e. The Labute approximate surface area is 155 Å². The smallest absolute Gasteiger partial charge is 0.219 e. The number of allylic oxidation sites excluding steroid dienone is 1. The zero-order chi connectivity index (χ0) is 20.2. The van der Waals surface area contributed by atoms with Gasteiger partial charge in [0.2, 0.25) is 9.84 Å². The van der Waals surface area contributed by atoms with E-state index in [-0.39, 0.29) is 24.2 Å². The first kappa shape index (κ1) is 20.5. The van der Waals surface area contributed by atoms with Crippen molar-refractivity contribution in [2.45, 2.75) is 30.8 Å². The van der Waals surface area contributed by atoms with E-state index in [0.717, 1.165) is 18.2 Å². The van der Waals surface area contributed by atoms with Crippen LogP contribution in [0, 0.1) is 23.0 Å². The van der Waals surface area contributed by atoms with Gasteiger partial charge < -0.3 is 5.11 Å². The second-order valence-corrected chi connectivity index (χ2v) is 7.79. The molecule has 0 aromatic heterocycles. The third-order valence-corrected chi connectivity index (χ3v) is 5.51. The number of benzene rings is 2. The molecule has 0 aliphatic rings. The van der Waals surface area contributed by atoms with Crippen LogP contribution in [0.1, 0.15) is 24.5 Å². The summed E-state index contributed by atoms with van der Waals surface area (Å²) >= 11 is 0. The normalized spacial score (nSPS) is 13.2. The minimum absolute atomic E-state index is 0.0976. The van der Waals surface area contributed by atoms with Crippen molar-refractivity contribution in [1.29, 1.82) is 5.26 Å². The number of rotatable bonds is 6. The Morgan fingerprint density at radius 3 is 2.56 bits per heavy atom. The van der Waals surface area contributed by atoms with Gasteiger partial charge in [-0.3, -0.25) is 0 Å². The van der Waals surface area contributed by atoms with Gasteiger partial charge >= 0.3 is 0 Å². The van der Waals surface area contributed by atoms with Crippen molar-refractivity contribution in [3.05, 3.63) is 64.1 Å². The molecular weight excluding hydrogens is 379 g/mol. The van der Waals surface area contributed by atoms with E-state index in [1.807, 2.05) is 0 Å². The summed E-state index contributed by atoms with van der Waals surface area (Å²) in [6.45, 7) is 1.36. The van der Waals surface area contributed by atoms with E-state index < -0.39 is 37.4 Å². The van der Waals surface area contributed by atoms with E-state index in [4.69, 9.17) is 0 Å². The van der Waals surface area contributed by atoms with E-state index >= 15 is 0 Å². The summed E-state index contributed by atoms with van der Waals surface area (Å²) in [6, 6.07) is 7.45. The van der Waals surface area contributed by atoms with Crippen molar-refractivity contribution in [2.24, 2.45) is 0 Å². The van der Waals surface area contributed by atoms with Crippen LogP contribution >= 0.6 is 0 Å². The molecule has 1 unspecified atom stereocenters. The lowest BCUT2D eigenvalue weighted by Crippen LogP contribution is -2.07. The maximum Gasteiger partial charge on any atom is 0.219 e. The lowest BCUT2D eigenvalue weighted by molar-refractivity contribution is 0.341. The number of nitriles is 1. The van der Waals surface area contributed by atoms with Crippen molar-refractivity contribution in [3.8, 4) is 11.8 Å². The first-order valence-electron chi connectivity index (χ1n) is 7.93. The SMILES string of the molecule is CC(F)CCc1cc(O)ccc1C=C(C#N)S(=O)(=O)c1ccc(F)cc1F. The standard InChI is InChI=1S/C19H16F3NO3S/c1-12(20)2-3-13-8-16(24)6-4-14(13)9-17(11-23)27(25,26)19-7-5-15(21)10-18(19)22/h4-10,12,24H,2-3H2,1H3. The summed E-state index contributed by atoms with van der Waals surface area (Å²) in [5, 5.41) is 18.9. The van der Waals surface area contributed by atoms with E-state index in [1.54, 1.807) is 0 Å². The Kier molecular flexibility index (Phi) is 6.28. The molecule has 27 heavy (non-hydrogen) atoms. The summed E-state index contributed by atoms with van der Waals surface area (Å²) in [5.74, 6) is -2.36. The molecule has 0 spiro atoms. The minimum Gasteiger partial charge on any atom is -0.508 e. The number of hydrogen-bond acceptors (Lipinski definition) is 4. The van der Waals surface area contributed by atoms with Gasteiger partial charge in [-0.2, -0.15) is 5.26 Å². The highest BCUT2D eigenvalue weighted by atomic mass is 32.2. The summed E-state index contributed by atoms with van der Waals surface area (Å²) < 4.78 is 65.2. The highest BCUT2D eigenvalue weighted by Gasteiger charge is 2.25. The van der Waals surface area contributed by atoms with E-state index in [2.05, 4.69) is 0 Å². The van der Waals surface area contributed by atoms with Crippen LogP contribution in [0.4, 0.5) is 13.2 Å². The average molecular weight is 395 g/mol. The number of phenolic OH excluding ortho intramolecular Hbond substituents is 1. The number of alkyl halides is 1. The summed E-state index contributed by atoms with van der Waals surface area (Å²) in [6.07, 6.45) is 0.236. The quantitative estimate of drug-likeness (QED) is 0.584. The molecule has 0 heterocycles. The maximum atomic E-state index is 13.9. The second kappa shape index (κ2) is 8.27. The molecule has 0 aliphatic heterocycles. The Balaban J connectivity index is 2.54. The van der Waals surface area contributed by atoms with Crippen LogP contribution in [0.2, 0.25) is 0 Å². The molecular formula is C19H16F3NO3S. The Bertz CT molecular complexity index is 1020. The lowest BCUT2D eigenvalue weighted by Gasteiger charge is -2.09. The molecule has 0 saturated heterocycles. The summed E-state index contributed by atoms with van der Waals surface area (Å²) in [5.41, 5.74) is 0.707. The first-order chi connectivity index (χ1) is 12.6. The molecule has 1 atom stereocenters. The maximum absolute atomic E-state index is 13.9. The van der Waals surface area contributed by atoms with Crippen molar-refractivity contribution in [1.82, 2.24) is 0 Å². The van der Waals surface area contributed by atoms with Crippen molar-refractivity contribution < 1.29 is 26.7 Å². The molecule has 0 bridgehead atoms. The van der Waals surface area contributed by atoms with Crippen LogP contribution in [0.25, 0.3) is 6.08 Å². The molecule has 0 amide bonds. The Hall–Kier alpha value is -2.79. The molecule has 0 fully saturated rings. The molecule has 4 nitrogen and oxygen atoms in total. The highest BCUT2D eigenvalue weighted by Crippen LogP contribution is 2.27. The first-order valence-corrected chi connectivity index (χ1v) is 9.41. The number of hydrogen-bond donors (Lipinski definition) is 1. The fraction of sp³-hybridized carbons (Fsp3) is 0.211. The predicted octanol–water partition coefficient (Wildman–Crippen LogP) is 4.30. The van der Waals surface area contributed by atoms with Gasteiger partial charge in [-0.25, -0.2) is 21.6 Å². The minimum atomic E-state index is -4.53. The van der Waals surface area contributed by atoms with Gasteiger partial charge in [-0.1, -0.05) is 6.07 Å². The number of nitrogens with zero attached hydrogens (tertiary/aromatic N) is 1. The van der Waals surface area contributed by atoms with Gasteiger partial charge in [0.25, 0.3) is 0 Å². The van der Waals surface area contributed by atoms with E-state index in [1.165, 1.54) is 31.2 Å². The molecule has 2 rings (SSSR count). The second-order valence-electron chi connectivity index (χ2n) is 5.90. The third kappa shape index (κ3) is 4.89. The molecule has 2 aromatic carbocycles. The van der Waals surface area contributed by atoms with Crippen LogP contribution in [0.3, 0.4) is 0 Å². The van der Waals surface area contributed by atoms with Crippen LogP contribution < -0.4 is 0 Å². The number of aryl methyl sites for hydroxylation is 1. The Morgan fingerprint density at radius 1 is 1.26 bits per heavy atom. The van der Waals surface area contributed by atoms with Crippen molar-refractivity contribution >= 4 is 15.9 Å². The van der Waals surface area contributed by atoms with Gasteiger partial charge in [0.05, 0.1) is 6.17 Å².